The molecule has 0 atom stereocenters. The maximum absolute atomic E-state index is 13.7. The van der Waals surface area contributed by atoms with Gasteiger partial charge in [0.25, 0.3) is 0 Å². The van der Waals surface area contributed by atoms with Crippen LogP contribution in [-0.4, -0.2) is 38.1 Å². The first-order valence-electron chi connectivity index (χ1n) is 5.52. The number of aromatic nitrogens is 1. The first-order chi connectivity index (χ1) is 8.53. The lowest BCUT2D eigenvalue weighted by atomic mass is 10.3. The van der Waals surface area contributed by atoms with Crippen molar-refractivity contribution in [1.29, 1.82) is 0 Å². The monoisotopic (exact) mass is 258 g/mol. The summed E-state index contributed by atoms with van der Waals surface area (Å²) >= 11 is 0. The predicted molar refractivity (Wildman–Crippen MR) is 65.7 cm³/mol. The second kappa shape index (κ2) is 6.13. The Morgan fingerprint density at radius 3 is 2.56 bits per heavy atom. The third-order valence-corrected chi connectivity index (χ3v) is 2.44. The van der Waals surface area contributed by atoms with Crippen molar-refractivity contribution in [2.45, 2.75) is 6.92 Å². The van der Waals surface area contributed by atoms with E-state index in [1.165, 1.54) is 19.0 Å². The van der Waals surface area contributed by atoms with Gasteiger partial charge in [-0.25, -0.2) is 13.8 Å². The van der Waals surface area contributed by atoms with Crippen molar-refractivity contribution in [1.82, 2.24) is 10.3 Å². The Morgan fingerprint density at radius 2 is 2.06 bits per heavy atom. The van der Waals surface area contributed by atoms with Gasteiger partial charge < -0.3 is 15.5 Å². The summed E-state index contributed by atoms with van der Waals surface area (Å²) in [7, 11) is 2.98. The molecule has 0 bridgehead atoms. The zero-order valence-electron chi connectivity index (χ0n) is 10.6. The summed E-state index contributed by atoms with van der Waals surface area (Å²) in [5.74, 6) is -1.94. The van der Waals surface area contributed by atoms with Gasteiger partial charge in [0.15, 0.2) is 23.3 Å². The Hall–Kier alpha value is -1.92. The van der Waals surface area contributed by atoms with E-state index in [4.69, 9.17) is 0 Å². The highest BCUT2D eigenvalue weighted by atomic mass is 19.1. The van der Waals surface area contributed by atoms with Crippen LogP contribution in [0.4, 0.5) is 20.4 Å². The molecule has 0 aromatic carbocycles. The van der Waals surface area contributed by atoms with Gasteiger partial charge in [0.05, 0.1) is 6.54 Å². The molecule has 0 fully saturated rings. The van der Waals surface area contributed by atoms with Crippen molar-refractivity contribution in [3.8, 4) is 0 Å². The van der Waals surface area contributed by atoms with Gasteiger partial charge in [-0.05, 0) is 6.92 Å². The van der Waals surface area contributed by atoms with Gasteiger partial charge in [0.2, 0.25) is 5.91 Å². The van der Waals surface area contributed by atoms with Crippen LogP contribution in [0.3, 0.4) is 0 Å². The molecule has 0 radical (unpaired) electrons. The molecule has 0 saturated heterocycles. The van der Waals surface area contributed by atoms with Crippen LogP contribution in [0.2, 0.25) is 0 Å². The fraction of sp³-hybridized carbons (Fsp3) is 0.455. The fourth-order valence-corrected chi connectivity index (χ4v) is 1.44. The molecular weight excluding hydrogens is 242 g/mol. The Bertz CT molecular complexity index is 439. The van der Waals surface area contributed by atoms with Gasteiger partial charge >= 0.3 is 0 Å². The van der Waals surface area contributed by atoms with E-state index in [0.29, 0.717) is 6.54 Å². The Balaban J connectivity index is 3.08. The zero-order chi connectivity index (χ0) is 13.7. The van der Waals surface area contributed by atoms with Crippen molar-refractivity contribution in [3.63, 3.8) is 0 Å². The number of pyridine rings is 1. The van der Waals surface area contributed by atoms with Gasteiger partial charge in [-0.3, -0.25) is 4.79 Å². The minimum absolute atomic E-state index is 0.0360. The van der Waals surface area contributed by atoms with E-state index in [9.17, 15) is 13.6 Å². The van der Waals surface area contributed by atoms with Gasteiger partial charge in [0.1, 0.15) is 0 Å². The van der Waals surface area contributed by atoms with Gasteiger partial charge in [-0.1, -0.05) is 0 Å². The van der Waals surface area contributed by atoms with Crippen molar-refractivity contribution >= 4 is 17.5 Å². The number of carbonyl (C=O) groups excluding carboxylic acids is 1. The lowest BCUT2D eigenvalue weighted by Crippen LogP contribution is -2.36. The summed E-state index contributed by atoms with van der Waals surface area (Å²) in [4.78, 5) is 16.6. The van der Waals surface area contributed by atoms with Crippen LogP contribution in [-0.2, 0) is 4.79 Å². The maximum Gasteiger partial charge on any atom is 0.239 e. The molecule has 1 amide bonds. The third kappa shape index (κ3) is 3.06. The molecule has 0 aliphatic carbocycles. The average Bonchev–Trinajstić information content (AvgIpc) is 2.36. The van der Waals surface area contributed by atoms with E-state index >= 15 is 0 Å². The third-order valence-electron chi connectivity index (χ3n) is 2.44. The molecule has 0 aliphatic rings. The molecular formula is C11H16F2N4O. The van der Waals surface area contributed by atoms with Crippen LogP contribution in [0.15, 0.2) is 6.07 Å². The number of amides is 1. The van der Waals surface area contributed by atoms with Crippen molar-refractivity contribution < 1.29 is 13.6 Å². The number of anilines is 2. The molecule has 0 saturated carbocycles. The maximum atomic E-state index is 13.7. The summed E-state index contributed by atoms with van der Waals surface area (Å²) < 4.78 is 26.9. The second-order valence-corrected chi connectivity index (χ2v) is 3.56. The number of nitrogens with one attached hydrogen (secondary N) is 2. The van der Waals surface area contributed by atoms with Crippen LogP contribution in [0.25, 0.3) is 0 Å². The lowest BCUT2D eigenvalue weighted by Gasteiger charge is -2.22. The quantitative estimate of drug-likeness (QED) is 0.826. The normalized spacial score (nSPS) is 10.1. The largest absolute Gasteiger partial charge is 0.371 e. The standard InChI is InChI=1S/C11H16F2N4O/c1-4-17(6-9(18)14-2)11-8(13)5-7(12)10(15-3)16-11/h5H,4,6H2,1-3H3,(H,14,18)(H,15,16). The fourth-order valence-electron chi connectivity index (χ4n) is 1.44. The summed E-state index contributed by atoms with van der Waals surface area (Å²) in [5.41, 5.74) is 0. The number of likely N-dealkylation sites (N-methyl/N-ethyl adjacent to an activating group) is 2. The van der Waals surface area contributed by atoms with Crippen LogP contribution >= 0.6 is 0 Å². The Labute approximate surface area is 104 Å². The molecule has 1 rings (SSSR count). The molecule has 0 aliphatic heterocycles. The molecule has 1 aromatic heterocycles. The summed E-state index contributed by atoms with van der Waals surface area (Å²) in [6.45, 7) is 2.10. The predicted octanol–water partition coefficient (Wildman–Crippen LogP) is 0.974. The first kappa shape index (κ1) is 14.1. The summed E-state index contributed by atoms with van der Waals surface area (Å²) in [6.07, 6.45) is 0. The minimum atomic E-state index is -0.794. The number of rotatable bonds is 5. The number of hydrogen-bond donors (Lipinski definition) is 2. The number of carbonyl (C=O) groups is 1. The Kier molecular flexibility index (Phi) is 4.82. The van der Waals surface area contributed by atoms with Gasteiger partial charge in [-0.2, -0.15) is 0 Å². The highest BCUT2D eigenvalue weighted by Gasteiger charge is 2.17. The highest BCUT2D eigenvalue weighted by Crippen LogP contribution is 2.21. The molecule has 0 unspecified atom stereocenters. The molecule has 1 aromatic rings. The summed E-state index contributed by atoms with van der Waals surface area (Å²) in [6, 6.07) is 0.751. The van der Waals surface area contributed by atoms with Crippen molar-refractivity contribution in [3.05, 3.63) is 17.7 Å². The minimum Gasteiger partial charge on any atom is -0.371 e. The van der Waals surface area contributed by atoms with Crippen LogP contribution in [0.5, 0.6) is 0 Å². The average molecular weight is 258 g/mol. The van der Waals surface area contributed by atoms with E-state index in [1.54, 1.807) is 6.92 Å². The second-order valence-electron chi connectivity index (χ2n) is 3.56. The number of nitrogens with zero attached hydrogens (tertiary/aromatic N) is 2. The SMILES string of the molecule is CCN(CC(=O)NC)c1nc(NC)c(F)cc1F. The van der Waals surface area contributed by atoms with Gasteiger partial charge in [-0.15, -0.1) is 0 Å². The van der Waals surface area contributed by atoms with Crippen molar-refractivity contribution in [2.24, 2.45) is 0 Å². The smallest absolute Gasteiger partial charge is 0.239 e. The lowest BCUT2D eigenvalue weighted by molar-refractivity contribution is -0.119. The zero-order valence-corrected chi connectivity index (χ0v) is 10.6. The van der Waals surface area contributed by atoms with Crippen LogP contribution in [0.1, 0.15) is 6.92 Å². The Morgan fingerprint density at radius 1 is 1.39 bits per heavy atom. The van der Waals surface area contributed by atoms with Crippen LogP contribution in [0, 0.1) is 11.6 Å². The first-order valence-corrected chi connectivity index (χ1v) is 5.52. The topological polar surface area (TPSA) is 57.3 Å². The molecule has 18 heavy (non-hydrogen) atoms. The van der Waals surface area contributed by atoms with E-state index < -0.39 is 11.6 Å². The van der Waals surface area contributed by atoms with E-state index in [0.717, 1.165) is 6.07 Å². The van der Waals surface area contributed by atoms with E-state index in [-0.39, 0.29) is 24.1 Å². The molecule has 100 valence electrons. The summed E-state index contributed by atoms with van der Waals surface area (Å²) in [5, 5.41) is 4.97. The van der Waals surface area contributed by atoms with Crippen LogP contribution < -0.4 is 15.5 Å². The van der Waals surface area contributed by atoms with E-state index in [2.05, 4.69) is 15.6 Å². The molecule has 5 nitrogen and oxygen atoms in total. The molecule has 0 spiro atoms. The molecule has 2 N–H and O–H groups in total. The number of halogens is 2. The highest BCUT2D eigenvalue weighted by molar-refractivity contribution is 5.80. The van der Waals surface area contributed by atoms with Crippen molar-refractivity contribution in [2.75, 3.05) is 37.4 Å². The van der Waals surface area contributed by atoms with Gasteiger partial charge in [0, 0.05) is 26.7 Å². The molecule has 1 heterocycles. The van der Waals surface area contributed by atoms with E-state index in [1.807, 2.05) is 0 Å². The number of hydrogen-bond acceptors (Lipinski definition) is 4. The molecule has 7 heteroatoms.